The minimum atomic E-state index is -1.20. The molecule has 16 heteroatoms. The quantitative estimate of drug-likeness (QED) is 0.262. The molecule has 5 amide bonds. The maximum atomic E-state index is 13.3. The van der Waals surface area contributed by atoms with Crippen LogP contribution in [0.1, 0.15) is 36.7 Å². The standard InChI is InChI=1S/C28H35N7O9/c1-18(36)29-19-9-10-34(16-19)23(37)17-44-24-15-22(31-35(24)20-5-3-2-4-6-20)26(40)30-21(7-8-25(38)39)27(41)32-11-13-33(14-12-32)28(42)43/h2-6,15,19,21H,7-14,16-17H2,1H3,(H,29,36)(H,30,40)(H,38,39)(H,42,43)/t19?,21-/m0/s1. The minimum Gasteiger partial charge on any atom is -0.481 e. The fourth-order valence-electron chi connectivity index (χ4n) is 5.05. The number of carboxylic acids is 1. The van der Waals surface area contributed by atoms with Gasteiger partial charge in [0, 0.05) is 64.7 Å². The molecule has 0 bridgehead atoms. The van der Waals surface area contributed by atoms with E-state index in [4.69, 9.17) is 4.74 Å². The molecule has 4 N–H and O–H groups in total. The van der Waals surface area contributed by atoms with Crippen molar-refractivity contribution >= 4 is 35.7 Å². The Morgan fingerprint density at radius 2 is 1.66 bits per heavy atom. The van der Waals surface area contributed by atoms with Gasteiger partial charge in [-0.3, -0.25) is 24.0 Å². The summed E-state index contributed by atoms with van der Waals surface area (Å²) in [6, 6.07) is 8.72. The van der Waals surface area contributed by atoms with Crippen LogP contribution < -0.4 is 15.4 Å². The van der Waals surface area contributed by atoms with E-state index in [0.717, 1.165) is 0 Å². The Bertz CT molecular complexity index is 1390. The first kappa shape index (κ1) is 31.8. The van der Waals surface area contributed by atoms with E-state index in [2.05, 4.69) is 15.7 Å². The van der Waals surface area contributed by atoms with Crippen LogP contribution in [0.15, 0.2) is 36.4 Å². The van der Waals surface area contributed by atoms with Crippen LogP contribution in [-0.4, -0.2) is 128 Å². The van der Waals surface area contributed by atoms with Gasteiger partial charge < -0.3 is 40.3 Å². The van der Waals surface area contributed by atoms with Crippen molar-refractivity contribution in [3.8, 4) is 11.6 Å². The SMILES string of the molecule is CC(=O)NC1CCN(C(=O)COc2cc(C(=O)N[C@@H](CCC(=O)O)C(=O)N3CCN(C(=O)O)CC3)nn2-c2ccccc2)C1. The third kappa shape index (κ3) is 8.23. The molecule has 0 spiro atoms. The second-order valence-corrected chi connectivity index (χ2v) is 10.5. The maximum Gasteiger partial charge on any atom is 0.407 e. The Hall–Kier alpha value is -5.15. The monoisotopic (exact) mass is 613 g/mol. The van der Waals surface area contributed by atoms with Crippen LogP contribution in [0.5, 0.6) is 5.88 Å². The molecule has 2 aliphatic rings. The summed E-state index contributed by atoms with van der Waals surface area (Å²) in [5.41, 5.74) is 0.405. The second-order valence-electron chi connectivity index (χ2n) is 10.5. The van der Waals surface area contributed by atoms with Gasteiger partial charge in [-0.25, -0.2) is 9.48 Å². The van der Waals surface area contributed by atoms with Crippen molar-refractivity contribution in [3.05, 3.63) is 42.1 Å². The van der Waals surface area contributed by atoms with Crippen molar-refractivity contribution < 1.29 is 43.7 Å². The smallest absolute Gasteiger partial charge is 0.407 e. The van der Waals surface area contributed by atoms with Crippen LogP contribution in [0.3, 0.4) is 0 Å². The Kier molecular flexibility index (Phi) is 10.4. The van der Waals surface area contributed by atoms with E-state index in [0.29, 0.717) is 25.2 Å². The zero-order valence-corrected chi connectivity index (χ0v) is 24.2. The molecule has 4 rings (SSSR count). The van der Waals surface area contributed by atoms with Crippen LogP contribution in [0.2, 0.25) is 0 Å². The van der Waals surface area contributed by atoms with Crippen molar-refractivity contribution in [1.82, 2.24) is 35.1 Å². The van der Waals surface area contributed by atoms with Gasteiger partial charge >= 0.3 is 12.1 Å². The largest absolute Gasteiger partial charge is 0.481 e. The molecule has 0 saturated carbocycles. The highest BCUT2D eigenvalue weighted by molar-refractivity contribution is 5.96. The number of likely N-dealkylation sites (tertiary alicyclic amines) is 1. The summed E-state index contributed by atoms with van der Waals surface area (Å²) >= 11 is 0. The second kappa shape index (κ2) is 14.3. The van der Waals surface area contributed by atoms with Gasteiger partial charge in [0.1, 0.15) is 6.04 Å². The number of aliphatic carboxylic acids is 1. The lowest BCUT2D eigenvalue weighted by Gasteiger charge is -2.35. The molecule has 44 heavy (non-hydrogen) atoms. The summed E-state index contributed by atoms with van der Waals surface area (Å²) in [6.07, 6.45) is -1.06. The molecule has 3 heterocycles. The molecule has 1 aromatic heterocycles. The molecule has 1 aromatic carbocycles. The molecule has 16 nitrogen and oxygen atoms in total. The number of carboxylic acid groups (broad SMARTS) is 2. The van der Waals surface area contributed by atoms with Crippen LogP contribution in [-0.2, 0) is 19.2 Å². The highest BCUT2D eigenvalue weighted by atomic mass is 16.5. The van der Waals surface area contributed by atoms with Crippen LogP contribution >= 0.6 is 0 Å². The van der Waals surface area contributed by atoms with E-state index >= 15 is 0 Å². The van der Waals surface area contributed by atoms with E-state index in [9.17, 15) is 39.0 Å². The molecular weight excluding hydrogens is 578 g/mol. The Balaban J connectivity index is 1.48. The average Bonchev–Trinajstić information content (AvgIpc) is 3.65. The number of benzene rings is 1. The van der Waals surface area contributed by atoms with Gasteiger partial charge in [0.25, 0.3) is 11.8 Å². The number of carbonyl (C=O) groups is 6. The molecule has 2 aliphatic heterocycles. The number of aromatic nitrogens is 2. The van der Waals surface area contributed by atoms with E-state index in [1.165, 1.54) is 27.5 Å². The van der Waals surface area contributed by atoms with Gasteiger partial charge in [0.05, 0.1) is 5.69 Å². The van der Waals surface area contributed by atoms with Gasteiger partial charge in [0.15, 0.2) is 12.3 Å². The fourth-order valence-corrected chi connectivity index (χ4v) is 5.05. The minimum absolute atomic E-state index is 0.0884. The zero-order chi connectivity index (χ0) is 31.8. The first-order valence-electron chi connectivity index (χ1n) is 14.1. The van der Waals surface area contributed by atoms with Crippen molar-refractivity contribution in [2.75, 3.05) is 45.9 Å². The number of hydrogen-bond acceptors (Lipinski definition) is 8. The fraction of sp³-hybridized carbons (Fsp3) is 0.464. The number of para-hydroxylation sites is 1. The molecule has 2 fully saturated rings. The zero-order valence-electron chi connectivity index (χ0n) is 24.2. The van der Waals surface area contributed by atoms with Gasteiger partial charge in [-0.05, 0) is 25.0 Å². The molecule has 236 valence electrons. The summed E-state index contributed by atoms with van der Waals surface area (Å²) in [5, 5.41) is 28.1. The van der Waals surface area contributed by atoms with Crippen LogP contribution in [0.4, 0.5) is 4.79 Å². The molecule has 2 saturated heterocycles. The van der Waals surface area contributed by atoms with Crippen LogP contribution in [0.25, 0.3) is 5.69 Å². The number of ether oxygens (including phenoxy) is 1. The van der Waals surface area contributed by atoms with Gasteiger partial charge in [0.2, 0.25) is 17.7 Å². The van der Waals surface area contributed by atoms with Gasteiger partial charge in [-0.2, -0.15) is 5.10 Å². The first-order valence-corrected chi connectivity index (χ1v) is 14.1. The Morgan fingerprint density at radius 1 is 0.977 bits per heavy atom. The highest BCUT2D eigenvalue weighted by Gasteiger charge is 2.32. The molecular formula is C28H35N7O9. The number of nitrogens with one attached hydrogen (secondary N) is 2. The number of rotatable bonds is 11. The van der Waals surface area contributed by atoms with E-state index in [-0.39, 0.29) is 75.1 Å². The Morgan fingerprint density at radius 3 is 2.30 bits per heavy atom. The number of piperazine rings is 1. The van der Waals surface area contributed by atoms with Crippen molar-refractivity contribution in [3.63, 3.8) is 0 Å². The summed E-state index contributed by atoms with van der Waals surface area (Å²) < 4.78 is 7.14. The topological polar surface area (TPSA) is 204 Å². The summed E-state index contributed by atoms with van der Waals surface area (Å²) in [7, 11) is 0. The number of hydrogen-bond donors (Lipinski definition) is 4. The predicted octanol–water partition coefficient (Wildman–Crippen LogP) is -0.226. The van der Waals surface area contributed by atoms with Gasteiger partial charge in [-0.15, -0.1) is 0 Å². The third-order valence-electron chi connectivity index (χ3n) is 7.31. The highest BCUT2D eigenvalue weighted by Crippen LogP contribution is 2.21. The first-order chi connectivity index (χ1) is 21.0. The molecule has 0 radical (unpaired) electrons. The normalized spacial score (nSPS) is 17.1. The third-order valence-corrected chi connectivity index (χ3v) is 7.31. The van der Waals surface area contributed by atoms with Crippen LogP contribution in [0, 0.1) is 0 Å². The average molecular weight is 614 g/mol. The van der Waals surface area contributed by atoms with Crippen molar-refractivity contribution in [2.24, 2.45) is 0 Å². The molecule has 0 aliphatic carbocycles. The lowest BCUT2D eigenvalue weighted by atomic mass is 10.1. The summed E-state index contributed by atoms with van der Waals surface area (Å²) in [6.45, 7) is 2.25. The van der Waals surface area contributed by atoms with Crippen molar-refractivity contribution in [1.29, 1.82) is 0 Å². The van der Waals surface area contributed by atoms with Crippen molar-refractivity contribution in [2.45, 2.75) is 38.3 Å². The molecule has 2 atom stereocenters. The van der Waals surface area contributed by atoms with E-state index < -0.39 is 29.9 Å². The maximum absolute atomic E-state index is 13.3. The molecule has 2 aromatic rings. The summed E-state index contributed by atoms with van der Waals surface area (Å²) in [5.74, 6) is -2.84. The Labute approximate surface area is 252 Å². The summed E-state index contributed by atoms with van der Waals surface area (Å²) in [4.78, 5) is 77.4. The van der Waals surface area contributed by atoms with E-state index in [1.807, 2.05) is 0 Å². The predicted molar refractivity (Wildman–Crippen MR) is 152 cm³/mol. The number of nitrogens with zero attached hydrogens (tertiary/aromatic N) is 5. The van der Waals surface area contributed by atoms with Gasteiger partial charge in [-0.1, -0.05) is 18.2 Å². The number of amides is 5. The van der Waals surface area contributed by atoms with E-state index in [1.54, 1.807) is 35.2 Å². The lowest BCUT2D eigenvalue weighted by molar-refractivity contribution is -0.138. The number of carbonyl (C=O) groups excluding carboxylic acids is 4. The lowest BCUT2D eigenvalue weighted by Crippen LogP contribution is -2.55. The molecule has 1 unspecified atom stereocenters.